The summed E-state index contributed by atoms with van der Waals surface area (Å²) in [5.74, 6) is -0.0463. The molecule has 1 aromatic carbocycles. The fourth-order valence-electron chi connectivity index (χ4n) is 4.75. The van der Waals surface area contributed by atoms with E-state index in [2.05, 4.69) is 15.5 Å². The number of hydrogen-bond donors (Lipinski definition) is 2. The summed E-state index contributed by atoms with van der Waals surface area (Å²) in [5, 5.41) is 9.07. The van der Waals surface area contributed by atoms with E-state index in [1.165, 1.54) is 24.1 Å². The van der Waals surface area contributed by atoms with E-state index in [0.29, 0.717) is 29.9 Å². The first-order valence-electron chi connectivity index (χ1n) is 10.2. The maximum Gasteiger partial charge on any atom is 0.414 e. The smallest absolute Gasteiger partial charge is 0.414 e. The van der Waals surface area contributed by atoms with Crippen LogP contribution >= 0.6 is 0 Å². The lowest BCUT2D eigenvalue weighted by atomic mass is 10.0. The topological polar surface area (TPSA) is 108 Å². The number of piperidine rings is 1. The lowest BCUT2D eigenvalue weighted by Crippen LogP contribution is -2.33. The molecule has 162 valence electrons. The largest absolute Gasteiger partial charge is 0.442 e. The van der Waals surface area contributed by atoms with Gasteiger partial charge >= 0.3 is 6.09 Å². The zero-order valence-electron chi connectivity index (χ0n) is 16.9. The summed E-state index contributed by atoms with van der Waals surface area (Å²) in [6, 6.07) is 4.81. The van der Waals surface area contributed by atoms with E-state index in [-0.39, 0.29) is 48.5 Å². The van der Waals surface area contributed by atoms with Crippen molar-refractivity contribution in [2.75, 3.05) is 31.1 Å². The standard InChI is InChI=1S/C21H22FN5O4/c1-11(28)23-7-14-8-27(21(30)31-14)13-2-3-15(18(22)4-13)19-16-9-26(10-17(16)19)20(29)12-5-24-25-6-12/h2-6,14,16-17,19H,7-10H2,1H3,(H,23,28)(H,24,25)/t14-,16-,17+,19?/m0/s1. The van der Waals surface area contributed by atoms with Crippen molar-refractivity contribution in [3.8, 4) is 0 Å². The Kier molecular flexibility index (Phi) is 4.64. The number of halogens is 1. The number of benzene rings is 1. The van der Waals surface area contributed by atoms with Gasteiger partial charge in [-0.25, -0.2) is 9.18 Å². The molecule has 1 aromatic heterocycles. The summed E-state index contributed by atoms with van der Waals surface area (Å²) in [6.07, 6.45) is 2.05. The van der Waals surface area contributed by atoms with Gasteiger partial charge < -0.3 is 15.0 Å². The van der Waals surface area contributed by atoms with Gasteiger partial charge in [0.1, 0.15) is 11.9 Å². The number of nitrogens with zero attached hydrogens (tertiary/aromatic N) is 3. The van der Waals surface area contributed by atoms with E-state index < -0.39 is 12.2 Å². The molecule has 3 heterocycles. The zero-order chi connectivity index (χ0) is 21.7. The molecule has 10 heteroatoms. The van der Waals surface area contributed by atoms with Gasteiger partial charge in [0.25, 0.3) is 5.91 Å². The number of hydrogen-bond acceptors (Lipinski definition) is 5. The zero-order valence-corrected chi connectivity index (χ0v) is 16.9. The first-order chi connectivity index (χ1) is 14.9. The van der Waals surface area contributed by atoms with Crippen LogP contribution in [0.15, 0.2) is 30.6 Å². The van der Waals surface area contributed by atoms with E-state index >= 15 is 0 Å². The number of nitrogens with one attached hydrogen (secondary N) is 2. The molecule has 0 spiro atoms. The number of amides is 3. The maximum atomic E-state index is 14.9. The number of carbonyl (C=O) groups is 3. The first-order valence-corrected chi connectivity index (χ1v) is 10.2. The first kappa shape index (κ1) is 19.5. The summed E-state index contributed by atoms with van der Waals surface area (Å²) < 4.78 is 20.2. The predicted octanol–water partition coefficient (Wildman–Crippen LogP) is 1.50. The molecule has 5 rings (SSSR count). The Bertz CT molecular complexity index is 1030. The van der Waals surface area contributed by atoms with E-state index in [1.54, 1.807) is 23.2 Å². The van der Waals surface area contributed by atoms with Crippen molar-refractivity contribution in [2.45, 2.75) is 18.9 Å². The quantitative estimate of drug-likeness (QED) is 0.752. The minimum atomic E-state index is -0.556. The minimum Gasteiger partial charge on any atom is -0.442 e. The van der Waals surface area contributed by atoms with Crippen molar-refractivity contribution in [3.05, 3.63) is 47.5 Å². The molecular formula is C21H22FN5O4. The van der Waals surface area contributed by atoms with E-state index in [4.69, 9.17) is 4.74 Å². The van der Waals surface area contributed by atoms with Gasteiger partial charge in [-0.1, -0.05) is 6.07 Å². The van der Waals surface area contributed by atoms with E-state index in [9.17, 15) is 18.8 Å². The molecule has 0 bridgehead atoms. The van der Waals surface area contributed by atoms with Crippen molar-refractivity contribution >= 4 is 23.6 Å². The number of H-pyrrole nitrogens is 1. The lowest BCUT2D eigenvalue weighted by molar-refractivity contribution is -0.119. The van der Waals surface area contributed by atoms with Crippen LogP contribution in [0.3, 0.4) is 0 Å². The number of anilines is 1. The Balaban J connectivity index is 1.22. The van der Waals surface area contributed by atoms with Gasteiger partial charge in [-0.05, 0) is 35.4 Å². The average Bonchev–Trinajstić information content (AvgIpc) is 3.21. The monoisotopic (exact) mass is 427 g/mol. The molecule has 31 heavy (non-hydrogen) atoms. The fourth-order valence-corrected chi connectivity index (χ4v) is 4.75. The van der Waals surface area contributed by atoms with Crippen LogP contribution in [0.5, 0.6) is 0 Å². The number of likely N-dealkylation sites (tertiary alicyclic amines) is 1. The van der Waals surface area contributed by atoms with Gasteiger partial charge in [-0.15, -0.1) is 0 Å². The SMILES string of the molecule is CC(=O)NC[C@H]1CN(c2ccc(C3[C@H]4CN(C(=O)c5cn[nH]c5)C[C@@H]34)c(F)c2)C(=O)O1. The van der Waals surface area contributed by atoms with E-state index in [0.717, 1.165) is 0 Å². The summed E-state index contributed by atoms with van der Waals surface area (Å²) >= 11 is 0. The van der Waals surface area contributed by atoms with Crippen LogP contribution in [0.25, 0.3) is 0 Å². The molecule has 4 atom stereocenters. The minimum absolute atomic E-state index is 0.0584. The lowest BCUT2D eigenvalue weighted by Gasteiger charge is -2.20. The molecule has 9 nitrogen and oxygen atoms in total. The second-order valence-electron chi connectivity index (χ2n) is 8.31. The van der Waals surface area contributed by atoms with Crippen LogP contribution in [0.2, 0.25) is 0 Å². The summed E-state index contributed by atoms with van der Waals surface area (Å²) in [5.41, 5.74) is 1.58. The van der Waals surface area contributed by atoms with Crippen LogP contribution in [-0.2, 0) is 9.53 Å². The molecule has 3 amide bonds. The van der Waals surface area contributed by atoms with Gasteiger partial charge in [0.2, 0.25) is 5.91 Å². The Morgan fingerprint density at radius 1 is 1.29 bits per heavy atom. The van der Waals surface area contributed by atoms with Crippen molar-refractivity contribution in [2.24, 2.45) is 11.8 Å². The summed E-state index contributed by atoms with van der Waals surface area (Å²) in [4.78, 5) is 38.8. The Hall–Kier alpha value is -3.43. The van der Waals surface area contributed by atoms with E-state index in [1.807, 2.05) is 0 Å². The van der Waals surface area contributed by atoms with Gasteiger partial charge in [0, 0.05) is 26.2 Å². The van der Waals surface area contributed by atoms with Crippen LogP contribution in [-0.4, -0.2) is 65.3 Å². The second-order valence-corrected chi connectivity index (χ2v) is 8.31. The van der Waals surface area contributed by atoms with Gasteiger partial charge in [-0.2, -0.15) is 5.10 Å². The van der Waals surface area contributed by atoms with Gasteiger partial charge in [0.15, 0.2) is 0 Å². The van der Waals surface area contributed by atoms with Gasteiger partial charge in [0.05, 0.1) is 30.5 Å². The molecular weight excluding hydrogens is 405 g/mol. The molecule has 1 unspecified atom stereocenters. The highest BCUT2D eigenvalue weighted by atomic mass is 19.1. The Labute approximate surface area is 177 Å². The molecule has 1 aliphatic carbocycles. The average molecular weight is 427 g/mol. The molecule has 2 N–H and O–H groups in total. The van der Waals surface area contributed by atoms with Crippen molar-refractivity contribution in [3.63, 3.8) is 0 Å². The third kappa shape index (κ3) is 3.51. The highest BCUT2D eigenvalue weighted by molar-refractivity contribution is 5.94. The molecule has 2 aliphatic heterocycles. The fraction of sp³-hybridized carbons (Fsp3) is 0.429. The molecule has 3 aliphatic rings. The predicted molar refractivity (Wildman–Crippen MR) is 107 cm³/mol. The normalized spacial score (nSPS) is 26.6. The highest BCUT2D eigenvalue weighted by Crippen LogP contribution is 2.59. The molecule has 3 fully saturated rings. The van der Waals surface area contributed by atoms with Crippen molar-refractivity contribution < 1.29 is 23.5 Å². The van der Waals surface area contributed by atoms with Crippen LogP contribution in [0.4, 0.5) is 14.9 Å². The van der Waals surface area contributed by atoms with Crippen molar-refractivity contribution in [1.82, 2.24) is 20.4 Å². The molecule has 2 saturated heterocycles. The molecule has 1 saturated carbocycles. The number of rotatable bonds is 5. The Morgan fingerprint density at radius 2 is 2.06 bits per heavy atom. The third-order valence-electron chi connectivity index (χ3n) is 6.33. The van der Waals surface area contributed by atoms with Crippen LogP contribution in [0, 0.1) is 17.7 Å². The Morgan fingerprint density at radius 3 is 2.71 bits per heavy atom. The number of fused-ring (bicyclic) bond motifs is 1. The summed E-state index contributed by atoms with van der Waals surface area (Å²) in [7, 11) is 0. The number of cyclic esters (lactones) is 1. The van der Waals surface area contributed by atoms with Crippen LogP contribution < -0.4 is 10.2 Å². The molecule has 2 aromatic rings. The summed E-state index contributed by atoms with van der Waals surface area (Å²) in [6.45, 7) is 3.06. The van der Waals surface area contributed by atoms with Gasteiger partial charge in [-0.3, -0.25) is 19.6 Å². The third-order valence-corrected chi connectivity index (χ3v) is 6.33. The maximum absolute atomic E-state index is 14.9. The van der Waals surface area contributed by atoms with Crippen molar-refractivity contribution in [1.29, 1.82) is 0 Å². The molecule has 0 radical (unpaired) electrons. The number of carbonyl (C=O) groups excluding carboxylic acids is 3. The van der Waals surface area contributed by atoms with Crippen LogP contribution in [0.1, 0.15) is 28.8 Å². The second kappa shape index (κ2) is 7.36. The highest BCUT2D eigenvalue weighted by Gasteiger charge is 2.58. The number of ether oxygens (including phenoxy) is 1. The number of aromatic amines is 1. The number of aromatic nitrogens is 2.